The van der Waals surface area contributed by atoms with Crippen molar-refractivity contribution in [3.63, 3.8) is 0 Å². The summed E-state index contributed by atoms with van der Waals surface area (Å²) in [7, 11) is 4.75. The number of hydrogen-bond donors (Lipinski definition) is 0. The van der Waals surface area contributed by atoms with Crippen LogP contribution in [0.1, 0.15) is 5.56 Å². The number of ether oxygens (including phenoxy) is 4. The van der Waals surface area contributed by atoms with Gasteiger partial charge in [0.15, 0.2) is 5.75 Å². The summed E-state index contributed by atoms with van der Waals surface area (Å²) in [6.45, 7) is 0.534. The van der Waals surface area contributed by atoms with Gasteiger partial charge in [0, 0.05) is 11.6 Å². The Hall–Kier alpha value is -3.48. The van der Waals surface area contributed by atoms with E-state index in [1.807, 2.05) is 47.4 Å². The summed E-state index contributed by atoms with van der Waals surface area (Å²) >= 11 is 0. The highest BCUT2D eigenvalue weighted by molar-refractivity contribution is 5.70. The van der Waals surface area contributed by atoms with E-state index in [9.17, 15) is 0 Å². The maximum Gasteiger partial charge on any atom is 0.236 e. The molecule has 1 aromatic heterocycles. The Morgan fingerprint density at radius 3 is 2.30 bits per heavy atom. The lowest BCUT2D eigenvalue weighted by Crippen LogP contribution is -2.18. The summed E-state index contributed by atoms with van der Waals surface area (Å²) in [4.78, 5) is 11.0. The van der Waals surface area contributed by atoms with Gasteiger partial charge < -0.3 is 23.8 Å². The molecule has 138 valence electrons. The molecule has 0 amide bonds. The van der Waals surface area contributed by atoms with Crippen LogP contribution >= 0.6 is 0 Å². The molecule has 7 nitrogen and oxygen atoms in total. The van der Waals surface area contributed by atoms with Crippen molar-refractivity contribution in [3.8, 4) is 29.0 Å². The van der Waals surface area contributed by atoms with E-state index in [1.54, 1.807) is 27.4 Å². The zero-order chi connectivity index (χ0) is 18.8. The Balaban J connectivity index is 1.89. The maximum absolute atomic E-state index is 6.17. The number of rotatable bonds is 4. The molecule has 0 bridgehead atoms. The first-order chi connectivity index (χ1) is 13.2. The number of hydrogen-bond acceptors (Lipinski definition) is 7. The van der Waals surface area contributed by atoms with Crippen molar-refractivity contribution in [2.75, 3.05) is 26.2 Å². The molecule has 3 aromatic rings. The molecule has 0 saturated carbocycles. The van der Waals surface area contributed by atoms with E-state index < -0.39 is 0 Å². The van der Waals surface area contributed by atoms with Crippen LogP contribution < -0.4 is 23.8 Å². The van der Waals surface area contributed by atoms with Crippen molar-refractivity contribution >= 4 is 11.6 Å². The van der Waals surface area contributed by atoms with Gasteiger partial charge in [-0.3, -0.25) is 0 Å². The first-order valence-corrected chi connectivity index (χ1v) is 8.40. The first-order valence-electron chi connectivity index (χ1n) is 8.40. The quantitative estimate of drug-likeness (QED) is 0.693. The first kappa shape index (κ1) is 17.0. The molecule has 1 aliphatic rings. The van der Waals surface area contributed by atoms with Gasteiger partial charge in [0.25, 0.3) is 0 Å². The van der Waals surface area contributed by atoms with Crippen molar-refractivity contribution in [2.45, 2.75) is 6.54 Å². The van der Waals surface area contributed by atoms with E-state index in [2.05, 4.69) is 9.97 Å². The number of para-hydroxylation sites is 1. The number of anilines is 2. The molecule has 1 aliphatic heterocycles. The Morgan fingerprint density at radius 1 is 0.852 bits per heavy atom. The Labute approximate surface area is 157 Å². The van der Waals surface area contributed by atoms with Crippen LogP contribution in [0, 0.1) is 0 Å². The standard InChI is InChI=1S/C20H19N3O4/c1-24-14-8-9-15-17(10-14)27-16-7-5-4-6-13(16)12-23(15)20-21-18(25-2)11-19(22-20)26-3/h4-11H,12H2,1-3H3. The topological polar surface area (TPSA) is 65.9 Å². The molecule has 4 rings (SSSR count). The van der Waals surface area contributed by atoms with E-state index in [4.69, 9.17) is 18.9 Å². The van der Waals surface area contributed by atoms with Crippen LogP contribution in [0.5, 0.6) is 29.0 Å². The minimum Gasteiger partial charge on any atom is -0.497 e. The molecule has 0 unspecified atom stereocenters. The lowest BCUT2D eigenvalue weighted by atomic mass is 10.2. The molecular formula is C20H19N3O4. The smallest absolute Gasteiger partial charge is 0.236 e. The average Bonchev–Trinajstić information content (AvgIpc) is 2.89. The summed E-state index contributed by atoms with van der Waals surface area (Å²) in [5.74, 6) is 3.44. The molecule has 0 N–H and O–H groups in total. The Bertz CT molecular complexity index is 955. The summed E-state index contributed by atoms with van der Waals surface area (Å²) in [6, 6.07) is 15.2. The van der Waals surface area contributed by atoms with Gasteiger partial charge in [-0.05, 0) is 18.2 Å². The summed E-state index contributed by atoms with van der Waals surface area (Å²) in [5, 5.41) is 0. The molecule has 0 spiro atoms. The fraction of sp³-hybridized carbons (Fsp3) is 0.200. The van der Waals surface area contributed by atoms with Crippen LogP contribution in [0.2, 0.25) is 0 Å². The number of benzene rings is 2. The van der Waals surface area contributed by atoms with E-state index in [0.717, 1.165) is 17.0 Å². The zero-order valence-corrected chi connectivity index (χ0v) is 15.3. The largest absolute Gasteiger partial charge is 0.497 e. The van der Waals surface area contributed by atoms with Crippen LogP contribution in [0.4, 0.5) is 11.6 Å². The summed E-state index contributed by atoms with van der Waals surface area (Å²) < 4.78 is 22.1. The highest BCUT2D eigenvalue weighted by atomic mass is 16.5. The van der Waals surface area contributed by atoms with Crippen molar-refractivity contribution < 1.29 is 18.9 Å². The molecule has 0 atom stereocenters. The van der Waals surface area contributed by atoms with Gasteiger partial charge in [0.2, 0.25) is 17.7 Å². The molecule has 7 heteroatoms. The molecule has 0 radical (unpaired) electrons. The van der Waals surface area contributed by atoms with Gasteiger partial charge in [-0.1, -0.05) is 18.2 Å². The third kappa shape index (κ3) is 3.19. The van der Waals surface area contributed by atoms with Crippen LogP contribution in [0.15, 0.2) is 48.5 Å². The minimum absolute atomic E-state index is 0.422. The van der Waals surface area contributed by atoms with Crippen molar-refractivity contribution in [2.24, 2.45) is 0 Å². The number of fused-ring (bicyclic) bond motifs is 2. The third-order valence-electron chi connectivity index (χ3n) is 4.31. The second kappa shape index (κ2) is 7.03. The van der Waals surface area contributed by atoms with Crippen molar-refractivity contribution in [1.82, 2.24) is 9.97 Å². The van der Waals surface area contributed by atoms with Crippen LogP contribution in [-0.4, -0.2) is 31.3 Å². The van der Waals surface area contributed by atoms with Crippen LogP contribution in [0.3, 0.4) is 0 Å². The van der Waals surface area contributed by atoms with Gasteiger partial charge in [0.05, 0.1) is 39.6 Å². The van der Waals surface area contributed by atoms with Gasteiger partial charge in [-0.25, -0.2) is 0 Å². The van der Waals surface area contributed by atoms with Crippen molar-refractivity contribution in [3.05, 3.63) is 54.1 Å². The Morgan fingerprint density at radius 2 is 1.59 bits per heavy atom. The molecule has 0 fully saturated rings. The number of nitrogens with zero attached hydrogens (tertiary/aromatic N) is 3. The van der Waals surface area contributed by atoms with Gasteiger partial charge in [0.1, 0.15) is 11.5 Å². The average molecular weight is 365 g/mol. The lowest BCUT2D eigenvalue weighted by molar-refractivity contribution is 0.372. The Kier molecular flexibility index (Phi) is 4.42. The van der Waals surface area contributed by atoms with Crippen LogP contribution in [-0.2, 0) is 6.54 Å². The predicted molar refractivity (Wildman–Crippen MR) is 100 cm³/mol. The minimum atomic E-state index is 0.422. The molecule has 0 saturated heterocycles. The number of aromatic nitrogens is 2. The zero-order valence-electron chi connectivity index (χ0n) is 15.3. The third-order valence-corrected chi connectivity index (χ3v) is 4.31. The second-order valence-corrected chi connectivity index (χ2v) is 5.88. The maximum atomic E-state index is 6.17. The number of methoxy groups -OCH3 is 3. The van der Waals surface area contributed by atoms with Gasteiger partial charge in [-0.15, -0.1) is 0 Å². The SMILES string of the molecule is COc1ccc2c(c1)Oc1ccccc1CN2c1nc(OC)cc(OC)n1. The molecular weight excluding hydrogens is 346 g/mol. The van der Waals surface area contributed by atoms with E-state index in [-0.39, 0.29) is 0 Å². The van der Waals surface area contributed by atoms with E-state index in [0.29, 0.717) is 35.8 Å². The monoisotopic (exact) mass is 365 g/mol. The fourth-order valence-electron chi connectivity index (χ4n) is 2.93. The van der Waals surface area contributed by atoms with Crippen LogP contribution in [0.25, 0.3) is 0 Å². The van der Waals surface area contributed by atoms with E-state index >= 15 is 0 Å². The summed E-state index contributed by atoms with van der Waals surface area (Å²) in [5.41, 5.74) is 1.83. The predicted octanol–water partition coefficient (Wildman–Crippen LogP) is 3.95. The summed E-state index contributed by atoms with van der Waals surface area (Å²) in [6.07, 6.45) is 0. The molecule has 2 heterocycles. The molecule has 27 heavy (non-hydrogen) atoms. The lowest BCUT2D eigenvalue weighted by Gasteiger charge is -2.22. The van der Waals surface area contributed by atoms with E-state index in [1.165, 1.54) is 0 Å². The molecule has 2 aromatic carbocycles. The molecule has 0 aliphatic carbocycles. The highest BCUT2D eigenvalue weighted by Crippen LogP contribution is 2.43. The normalized spacial score (nSPS) is 12.3. The van der Waals surface area contributed by atoms with Gasteiger partial charge in [-0.2, -0.15) is 9.97 Å². The fourth-order valence-corrected chi connectivity index (χ4v) is 2.93. The highest BCUT2D eigenvalue weighted by Gasteiger charge is 2.25. The van der Waals surface area contributed by atoms with Gasteiger partial charge >= 0.3 is 0 Å². The van der Waals surface area contributed by atoms with Crippen molar-refractivity contribution in [1.29, 1.82) is 0 Å². The second-order valence-electron chi connectivity index (χ2n) is 5.88.